The molecule has 0 fully saturated rings. The summed E-state index contributed by atoms with van der Waals surface area (Å²) in [6, 6.07) is 15.6. The first kappa shape index (κ1) is 22.3. The molecule has 0 radical (unpaired) electrons. The Hall–Kier alpha value is -3.91. The van der Waals surface area contributed by atoms with E-state index in [1.165, 1.54) is 29.5 Å². The molecule has 0 aliphatic heterocycles. The standard InChI is InChI=1S/C24H20ClN3O5/c1-27-19(23(30)32-2)12-16(26-27)13-28-21(24(31)33-3)20(14-7-5-4-6-8-14)18-11-15(25)9-10-17(18)22(28)29/h4-12H,13H2,1-3H3. The Morgan fingerprint density at radius 1 is 0.970 bits per heavy atom. The molecular weight excluding hydrogens is 446 g/mol. The molecule has 33 heavy (non-hydrogen) atoms. The summed E-state index contributed by atoms with van der Waals surface area (Å²) in [5.41, 5.74) is 1.51. The lowest BCUT2D eigenvalue weighted by molar-refractivity contribution is 0.0579. The van der Waals surface area contributed by atoms with Crippen molar-refractivity contribution in [2.45, 2.75) is 6.54 Å². The fourth-order valence-corrected chi connectivity index (χ4v) is 4.01. The Morgan fingerprint density at radius 3 is 2.33 bits per heavy atom. The fraction of sp³-hybridized carbons (Fsp3) is 0.167. The van der Waals surface area contributed by atoms with Crippen LogP contribution in [0.4, 0.5) is 0 Å². The van der Waals surface area contributed by atoms with Crippen LogP contribution in [0.1, 0.15) is 26.7 Å². The molecule has 0 spiro atoms. The summed E-state index contributed by atoms with van der Waals surface area (Å²) < 4.78 is 12.5. The number of aromatic nitrogens is 3. The van der Waals surface area contributed by atoms with Crippen molar-refractivity contribution < 1.29 is 19.1 Å². The Bertz CT molecular complexity index is 1440. The van der Waals surface area contributed by atoms with Crippen LogP contribution in [0.3, 0.4) is 0 Å². The van der Waals surface area contributed by atoms with Gasteiger partial charge in [0.25, 0.3) is 5.56 Å². The molecule has 2 aromatic carbocycles. The molecule has 4 aromatic rings. The average molecular weight is 466 g/mol. The molecule has 8 nitrogen and oxygen atoms in total. The monoisotopic (exact) mass is 465 g/mol. The second kappa shape index (κ2) is 8.91. The number of aryl methyl sites for hydroxylation is 1. The number of fused-ring (bicyclic) bond motifs is 1. The largest absolute Gasteiger partial charge is 0.464 e. The first-order valence-corrected chi connectivity index (χ1v) is 10.3. The molecule has 0 unspecified atom stereocenters. The lowest BCUT2D eigenvalue weighted by Crippen LogP contribution is -2.28. The van der Waals surface area contributed by atoms with Crippen LogP contribution in [-0.2, 0) is 23.1 Å². The smallest absolute Gasteiger partial charge is 0.356 e. The highest BCUT2D eigenvalue weighted by Gasteiger charge is 2.25. The van der Waals surface area contributed by atoms with Gasteiger partial charge >= 0.3 is 11.9 Å². The molecule has 0 aliphatic rings. The highest BCUT2D eigenvalue weighted by atomic mass is 35.5. The van der Waals surface area contributed by atoms with Crippen molar-refractivity contribution in [3.63, 3.8) is 0 Å². The number of carbonyl (C=O) groups is 2. The molecule has 4 rings (SSSR count). The molecule has 0 bridgehead atoms. The SMILES string of the molecule is COC(=O)c1cc(Cn2c(C(=O)OC)c(-c3ccccc3)c3cc(Cl)ccc3c2=O)nn1C. The zero-order valence-electron chi connectivity index (χ0n) is 18.2. The zero-order chi connectivity index (χ0) is 23.7. The average Bonchev–Trinajstić information content (AvgIpc) is 3.20. The summed E-state index contributed by atoms with van der Waals surface area (Å²) >= 11 is 6.25. The van der Waals surface area contributed by atoms with Gasteiger partial charge in [0.05, 0.1) is 26.5 Å². The van der Waals surface area contributed by atoms with Crippen LogP contribution in [-0.4, -0.2) is 40.5 Å². The number of carbonyl (C=O) groups excluding carboxylic acids is 2. The fourth-order valence-electron chi connectivity index (χ4n) is 3.84. The van der Waals surface area contributed by atoms with E-state index in [2.05, 4.69) is 5.10 Å². The highest BCUT2D eigenvalue weighted by Crippen LogP contribution is 2.33. The van der Waals surface area contributed by atoms with Crippen molar-refractivity contribution in [1.29, 1.82) is 0 Å². The van der Waals surface area contributed by atoms with Crippen molar-refractivity contribution in [2.24, 2.45) is 7.05 Å². The molecule has 2 aromatic heterocycles. The number of nitrogens with zero attached hydrogens (tertiary/aromatic N) is 3. The number of benzene rings is 2. The quantitative estimate of drug-likeness (QED) is 0.417. The Morgan fingerprint density at radius 2 is 1.67 bits per heavy atom. The number of rotatable bonds is 5. The predicted octanol–water partition coefficient (Wildman–Crippen LogP) is 3.68. The first-order valence-electron chi connectivity index (χ1n) is 9.96. The van der Waals surface area contributed by atoms with Crippen LogP contribution in [0.25, 0.3) is 21.9 Å². The molecule has 0 N–H and O–H groups in total. The molecule has 168 valence electrons. The molecule has 9 heteroatoms. The molecule has 2 heterocycles. The van der Waals surface area contributed by atoms with Crippen LogP contribution < -0.4 is 5.56 Å². The zero-order valence-corrected chi connectivity index (χ0v) is 18.9. The summed E-state index contributed by atoms with van der Waals surface area (Å²) in [5, 5.41) is 5.67. The van der Waals surface area contributed by atoms with E-state index in [0.29, 0.717) is 27.1 Å². The topological polar surface area (TPSA) is 92.4 Å². The maximum Gasteiger partial charge on any atom is 0.356 e. The van der Waals surface area contributed by atoms with E-state index in [4.69, 9.17) is 21.1 Å². The number of hydrogen-bond donors (Lipinski definition) is 0. The van der Waals surface area contributed by atoms with Crippen LogP contribution in [0.15, 0.2) is 59.4 Å². The second-order valence-corrected chi connectivity index (χ2v) is 7.73. The highest BCUT2D eigenvalue weighted by molar-refractivity contribution is 6.31. The summed E-state index contributed by atoms with van der Waals surface area (Å²) in [6.45, 7) is -0.0630. The molecule has 0 saturated heterocycles. The van der Waals surface area contributed by atoms with Crippen LogP contribution >= 0.6 is 11.6 Å². The lowest BCUT2D eigenvalue weighted by Gasteiger charge is -2.18. The van der Waals surface area contributed by atoms with Gasteiger partial charge in [-0.3, -0.25) is 14.0 Å². The Kier molecular flexibility index (Phi) is 6.02. The number of ether oxygens (including phenoxy) is 2. The first-order chi connectivity index (χ1) is 15.8. The minimum Gasteiger partial charge on any atom is -0.464 e. The van der Waals surface area contributed by atoms with Gasteiger partial charge in [-0.05, 0) is 35.2 Å². The number of hydrogen-bond acceptors (Lipinski definition) is 6. The second-order valence-electron chi connectivity index (χ2n) is 7.30. The summed E-state index contributed by atoms with van der Waals surface area (Å²) in [5.74, 6) is -1.24. The van der Waals surface area contributed by atoms with Crippen molar-refractivity contribution in [3.8, 4) is 11.1 Å². The third kappa shape index (κ3) is 4.01. The Labute approximate surface area is 193 Å². The van der Waals surface area contributed by atoms with Gasteiger partial charge in [-0.25, -0.2) is 9.59 Å². The van der Waals surface area contributed by atoms with Crippen LogP contribution in [0.5, 0.6) is 0 Å². The minimum atomic E-state index is -0.683. The van der Waals surface area contributed by atoms with E-state index in [0.717, 1.165) is 5.56 Å². The van der Waals surface area contributed by atoms with Gasteiger partial charge in [-0.1, -0.05) is 41.9 Å². The van der Waals surface area contributed by atoms with Gasteiger partial charge in [-0.15, -0.1) is 0 Å². The van der Waals surface area contributed by atoms with Gasteiger partial charge in [-0.2, -0.15) is 5.10 Å². The van der Waals surface area contributed by atoms with E-state index in [9.17, 15) is 14.4 Å². The number of methoxy groups -OCH3 is 2. The summed E-state index contributed by atoms with van der Waals surface area (Å²) in [6.07, 6.45) is 0. The maximum absolute atomic E-state index is 13.5. The van der Waals surface area contributed by atoms with Gasteiger partial charge in [0, 0.05) is 23.0 Å². The third-order valence-corrected chi connectivity index (χ3v) is 5.55. The third-order valence-electron chi connectivity index (χ3n) is 5.32. The normalized spacial score (nSPS) is 10.9. The van der Waals surface area contributed by atoms with Gasteiger partial charge in [0.2, 0.25) is 0 Å². The molecule has 0 atom stereocenters. The van der Waals surface area contributed by atoms with Crippen molar-refractivity contribution in [1.82, 2.24) is 14.3 Å². The Balaban J connectivity index is 2.05. The van der Waals surface area contributed by atoms with E-state index in [-0.39, 0.29) is 17.9 Å². The molecular formula is C24H20ClN3O5. The van der Waals surface area contributed by atoms with Crippen molar-refractivity contribution >= 4 is 34.3 Å². The van der Waals surface area contributed by atoms with Crippen LogP contribution in [0.2, 0.25) is 5.02 Å². The van der Waals surface area contributed by atoms with Gasteiger partial charge in [0.15, 0.2) is 0 Å². The summed E-state index contributed by atoms with van der Waals surface area (Å²) in [4.78, 5) is 38.5. The molecule has 0 saturated carbocycles. The maximum atomic E-state index is 13.5. The van der Waals surface area contributed by atoms with E-state index in [1.807, 2.05) is 30.3 Å². The lowest BCUT2D eigenvalue weighted by atomic mass is 9.96. The minimum absolute atomic E-state index is 0.0630. The van der Waals surface area contributed by atoms with E-state index >= 15 is 0 Å². The number of pyridine rings is 1. The molecule has 0 aliphatic carbocycles. The number of halogens is 1. The number of esters is 2. The van der Waals surface area contributed by atoms with E-state index in [1.54, 1.807) is 25.2 Å². The van der Waals surface area contributed by atoms with Gasteiger partial charge < -0.3 is 9.47 Å². The summed E-state index contributed by atoms with van der Waals surface area (Å²) in [7, 11) is 4.12. The van der Waals surface area contributed by atoms with Crippen molar-refractivity contribution in [3.05, 3.63) is 87.1 Å². The predicted molar refractivity (Wildman–Crippen MR) is 124 cm³/mol. The van der Waals surface area contributed by atoms with Gasteiger partial charge in [0.1, 0.15) is 11.4 Å². The van der Waals surface area contributed by atoms with E-state index < -0.39 is 17.5 Å². The van der Waals surface area contributed by atoms with Crippen molar-refractivity contribution in [2.75, 3.05) is 14.2 Å². The molecule has 0 amide bonds. The van der Waals surface area contributed by atoms with Crippen LogP contribution in [0, 0.1) is 0 Å².